The molecule has 0 bridgehead atoms. The van der Waals surface area contributed by atoms with E-state index in [9.17, 15) is 9.59 Å². The van der Waals surface area contributed by atoms with Crippen LogP contribution in [-0.4, -0.2) is 42.1 Å². The molecular weight excluding hydrogens is 604 g/mol. The van der Waals surface area contributed by atoms with Crippen LogP contribution in [0.4, 0.5) is 5.69 Å². The van der Waals surface area contributed by atoms with Crippen LogP contribution in [0.3, 0.4) is 0 Å². The van der Waals surface area contributed by atoms with Crippen molar-refractivity contribution in [3.8, 4) is 28.6 Å². The number of aryl methyl sites for hydroxylation is 1. The van der Waals surface area contributed by atoms with E-state index in [1.165, 1.54) is 18.0 Å². The van der Waals surface area contributed by atoms with Gasteiger partial charge in [0.15, 0.2) is 23.9 Å². The number of carbonyl (C=O) groups is 1. The predicted molar refractivity (Wildman–Crippen MR) is 183 cm³/mol. The van der Waals surface area contributed by atoms with Crippen molar-refractivity contribution in [2.45, 2.75) is 33.6 Å². The molecule has 0 aliphatic heterocycles. The number of hydrogen-bond donors (Lipinski definition) is 1. The van der Waals surface area contributed by atoms with Crippen molar-refractivity contribution in [3.05, 3.63) is 111 Å². The Morgan fingerprint density at radius 2 is 1.78 bits per heavy atom. The zero-order valence-corrected chi connectivity index (χ0v) is 27.1. The standard InChI is InChI=1S/C36H35ClN4O5/c1-6-45-32-18-23(4)29(19-28(32)22(2)3)35-40-30-12-8-7-11-27(30)36(43)41(35)38-20-24-10-9-13-31(44-5)34(24)46-21-33(42)39-26-16-14-25(37)15-17-26/h7-20,22H,6,21H2,1-5H3,(H,39,42). The van der Waals surface area contributed by atoms with Gasteiger partial charge in [0.25, 0.3) is 11.5 Å². The third-order valence-electron chi connectivity index (χ3n) is 7.29. The maximum atomic E-state index is 13.9. The molecule has 0 fully saturated rings. The lowest BCUT2D eigenvalue weighted by Gasteiger charge is -2.18. The van der Waals surface area contributed by atoms with Crippen molar-refractivity contribution >= 4 is 40.3 Å². The van der Waals surface area contributed by atoms with E-state index in [2.05, 4.69) is 24.3 Å². The number of benzene rings is 4. The van der Waals surface area contributed by atoms with E-state index in [-0.39, 0.29) is 24.0 Å². The summed E-state index contributed by atoms with van der Waals surface area (Å²) in [4.78, 5) is 31.5. The van der Waals surface area contributed by atoms with Crippen LogP contribution in [0.5, 0.6) is 17.2 Å². The summed E-state index contributed by atoms with van der Waals surface area (Å²) in [6.45, 7) is 8.34. The molecule has 0 saturated carbocycles. The first kappa shape index (κ1) is 32.2. The Morgan fingerprint density at radius 3 is 2.50 bits per heavy atom. The Labute approximate surface area is 272 Å². The molecule has 10 heteroatoms. The molecule has 0 atom stereocenters. The largest absolute Gasteiger partial charge is 0.494 e. The minimum Gasteiger partial charge on any atom is -0.494 e. The van der Waals surface area contributed by atoms with E-state index >= 15 is 0 Å². The SMILES string of the molecule is CCOc1cc(C)c(-c2nc3ccccc3c(=O)n2N=Cc2cccc(OC)c2OCC(=O)Nc2ccc(Cl)cc2)cc1C(C)C. The highest BCUT2D eigenvalue weighted by atomic mass is 35.5. The molecular formula is C36H35ClN4O5. The Balaban J connectivity index is 1.56. The van der Waals surface area contributed by atoms with Crippen LogP contribution >= 0.6 is 11.6 Å². The third kappa shape index (κ3) is 7.05. The highest BCUT2D eigenvalue weighted by Crippen LogP contribution is 2.35. The summed E-state index contributed by atoms with van der Waals surface area (Å²) in [5, 5.41) is 8.42. The quantitative estimate of drug-likeness (QED) is 0.151. The molecule has 0 unspecified atom stereocenters. The van der Waals surface area contributed by atoms with E-state index in [1.54, 1.807) is 54.6 Å². The number of fused-ring (bicyclic) bond motifs is 1. The van der Waals surface area contributed by atoms with E-state index in [1.807, 2.05) is 38.1 Å². The lowest BCUT2D eigenvalue weighted by atomic mass is 9.96. The Bertz CT molecular complexity index is 1970. The Morgan fingerprint density at radius 1 is 1.02 bits per heavy atom. The summed E-state index contributed by atoms with van der Waals surface area (Å²) in [5.41, 5.74) is 3.95. The summed E-state index contributed by atoms with van der Waals surface area (Å²) in [7, 11) is 1.51. The fourth-order valence-electron chi connectivity index (χ4n) is 5.01. The molecule has 1 amide bonds. The average molecular weight is 639 g/mol. The van der Waals surface area contributed by atoms with Crippen LogP contribution in [0.25, 0.3) is 22.3 Å². The van der Waals surface area contributed by atoms with Gasteiger partial charge in [-0.05, 0) is 91.6 Å². The first-order valence-corrected chi connectivity index (χ1v) is 15.3. The summed E-state index contributed by atoms with van der Waals surface area (Å²) in [5.74, 6) is 1.67. The van der Waals surface area contributed by atoms with Crippen LogP contribution in [0, 0.1) is 6.92 Å². The maximum Gasteiger partial charge on any atom is 0.282 e. The molecule has 5 aromatic rings. The number of nitrogens with zero attached hydrogens (tertiary/aromatic N) is 3. The van der Waals surface area contributed by atoms with Gasteiger partial charge in [0.05, 0.1) is 30.8 Å². The minimum atomic E-state index is -0.375. The third-order valence-corrected chi connectivity index (χ3v) is 7.54. The van der Waals surface area contributed by atoms with Crippen molar-refractivity contribution in [3.63, 3.8) is 0 Å². The smallest absolute Gasteiger partial charge is 0.282 e. The molecule has 0 spiro atoms. The molecule has 0 saturated heterocycles. The number of halogens is 1. The molecule has 1 N–H and O–H groups in total. The fourth-order valence-corrected chi connectivity index (χ4v) is 5.14. The van der Waals surface area contributed by atoms with Gasteiger partial charge in [0.1, 0.15) is 5.75 Å². The number of anilines is 1. The normalized spacial score (nSPS) is 11.3. The first-order chi connectivity index (χ1) is 22.2. The van der Waals surface area contributed by atoms with E-state index in [0.717, 1.165) is 22.4 Å². The van der Waals surface area contributed by atoms with Crippen LogP contribution < -0.4 is 25.1 Å². The van der Waals surface area contributed by atoms with Gasteiger partial charge in [-0.2, -0.15) is 9.78 Å². The Hall–Kier alpha value is -5.15. The monoisotopic (exact) mass is 638 g/mol. The molecule has 4 aromatic carbocycles. The van der Waals surface area contributed by atoms with Gasteiger partial charge in [0.2, 0.25) is 0 Å². The van der Waals surface area contributed by atoms with Crippen molar-refractivity contribution in [1.29, 1.82) is 0 Å². The van der Waals surface area contributed by atoms with Crippen LogP contribution in [-0.2, 0) is 4.79 Å². The number of nitrogens with one attached hydrogen (secondary N) is 1. The number of rotatable bonds is 11. The highest BCUT2D eigenvalue weighted by Gasteiger charge is 2.19. The molecule has 0 aliphatic rings. The second kappa shape index (κ2) is 14.3. The van der Waals surface area contributed by atoms with Gasteiger partial charge in [-0.1, -0.05) is 43.6 Å². The van der Waals surface area contributed by atoms with Gasteiger partial charge >= 0.3 is 0 Å². The molecule has 9 nitrogen and oxygen atoms in total. The van der Waals surface area contributed by atoms with Crippen LogP contribution in [0.1, 0.15) is 43.4 Å². The minimum absolute atomic E-state index is 0.165. The van der Waals surface area contributed by atoms with Crippen LogP contribution in [0.2, 0.25) is 5.02 Å². The fraction of sp³-hybridized carbons (Fsp3) is 0.222. The molecule has 236 valence electrons. The molecule has 46 heavy (non-hydrogen) atoms. The molecule has 1 heterocycles. The zero-order valence-electron chi connectivity index (χ0n) is 26.3. The van der Waals surface area contributed by atoms with Crippen molar-refractivity contribution < 1.29 is 19.0 Å². The van der Waals surface area contributed by atoms with Gasteiger partial charge in [-0.25, -0.2) is 4.98 Å². The zero-order chi connectivity index (χ0) is 32.8. The second-order valence-electron chi connectivity index (χ2n) is 10.8. The van der Waals surface area contributed by atoms with Gasteiger partial charge in [-0.15, -0.1) is 0 Å². The lowest BCUT2D eigenvalue weighted by molar-refractivity contribution is -0.118. The van der Waals surface area contributed by atoms with Gasteiger partial charge in [-0.3, -0.25) is 9.59 Å². The van der Waals surface area contributed by atoms with E-state index < -0.39 is 0 Å². The molecule has 5 rings (SSSR count). The van der Waals surface area contributed by atoms with E-state index in [0.29, 0.717) is 51.1 Å². The van der Waals surface area contributed by atoms with Gasteiger partial charge < -0.3 is 19.5 Å². The Kier molecular flexibility index (Phi) is 10.0. The highest BCUT2D eigenvalue weighted by molar-refractivity contribution is 6.30. The molecule has 0 aliphatic carbocycles. The number of hydrogen-bond acceptors (Lipinski definition) is 7. The van der Waals surface area contributed by atoms with Crippen molar-refractivity contribution in [2.75, 3.05) is 25.6 Å². The van der Waals surface area contributed by atoms with Crippen molar-refractivity contribution in [2.24, 2.45) is 5.10 Å². The number of methoxy groups -OCH3 is 1. The number of para-hydroxylation sites is 2. The molecule has 1 aromatic heterocycles. The topological polar surface area (TPSA) is 104 Å². The lowest BCUT2D eigenvalue weighted by Crippen LogP contribution is -2.21. The number of carbonyl (C=O) groups excluding carboxylic acids is 1. The average Bonchev–Trinajstić information content (AvgIpc) is 3.04. The maximum absolute atomic E-state index is 13.9. The number of amides is 1. The predicted octanol–water partition coefficient (Wildman–Crippen LogP) is 7.46. The van der Waals surface area contributed by atoms with E-state index in [4.69, 9.17) is 30.8 Å². The number of aromatic nitrogens is 2. The summed E-state index contributed by atoms with van der Waals surface area (Å²) >= 11 is 5.95. The first-order valence-electron chi connectivity index (χ1n) is 14.9. The van der Waals surface area contributed by atoms with Crippen molar-refractivity contribution in [1.82, 2.24) is 9.66 Å². The van der Waals surface area contributed by atoms with Gasteiger partial charge in [0, 0.05) is 21.8 Å². The molecule has 0 radical (unpaired) electrons. The number of ether oxygens (including phenoxy) is 3. The second-order valence-corrected chi connectivity index (χ2v) is 11.3. The summed E-state index contributed by atoms with van der Waals surface area (Å²) in [6, 6.07) is 23.2. The summed E-state index contributed by atoms with van der Waals surface area (Å²) in [6.07, 6.45) is 1.50. The summed E-state index contributed by atoms with van der Waals surface area (Å²) < 4.78 is 18.7. The van der Waals surface area contributed by atoms with Crippen LogP contribution in [0.15, 0.2) is 88.8 Å².